The van der Waals surface area contributed by atoms with Gasteiger partial charge < -0.3 is 20.1 Å². The Morgan fingerprint density at radius 1 is 1.33 bits per heavy atom. The fourth-order valence-electron chi connectivity index (χ4n) is 4.32. The fourth-order valence-corrected chi connectivity index (χ4v) is 4.45. The van der Waals surface area contributed by atoms with Gasteiger partial charge in [-0.1, -0.05) is 31.9 Å². The molecule has 160 valence electrons. The summed E-state index contributed by atoms with van der Waals surface area (Å²) in [6, 6.07) is 9.66. The Hall–Kier alpha value is -2.31. The van der Waals surface area contributed by atoms with Gasteiger partial charge in [0.2, 0.25) is 0 Å². The van der Waals surface area contributed by atoms with Gasteiger partial charge in [-0.15, -0.1) is 0 Å². The van der Waals surface area contributed by atoms with Gasteiger partial charge in [0.25, 0.3) is 0 Å². The molecular formula is C23H28ClN3O3. The summed E-state index contributed by atoms with van der Waals surface area (Å²) in [5, 5.41) is 14.0. The molecule has 1 aliphatic carbocycles. The van der Waals surface area contributed by atoms with Crippen LogP contribution in [0.2, 0.25) is 5.02 Å². The van der Waals surface area contributed by atoms with Crippen molar-refractivity contribution in [2.75, 3.05) is 30.0 Å². The van der Waals surface area contributed by atoms with E-state index in [1.807, 2.05) is 30.3 Å². The number of nitrogens with one attached hydrogen (secondary N) is 1. The molecule has 2 N–H and O–H groups in total. The summed E-state index contributed by atoms with van der Waals surface area (Å²) in [7, 11) is 0. The van der Waals surface area contributed by atoms with E-state index in [-0.39, 0.29) is 6.04 Å². The second-order valence-electron chi connectivity index (χ2n) is 8.55. The molecule has 1 saturated heterocycles. The summed E-state index contributed by atoms with van der Waals surface area (Å²) < 4.78 is 5.72. The number of halogens is 1. The number of aliphatic carboxylic acids is 1. The van der Waals surface area contributed by atoms with E-state index < -0.39 is 11.4 Å². The smallest absolute Gasteiger partial charge is 0.314 e. The van der Waals surface area contributed by atoms with Crippen LogP contribution < -0.4 is 10.2 Å². The highest BCUT2D eigenvalue weighted by molar-refractivity contribution is 6.30. The van der Waals surface area contributed by atoms with Crippen LogP contribution in [0.25, 0.3) is 0 Å². The third kappa shape index (κ3) is 3.86. The third-order valence-corrected chi connectivity index (χ3v) is 6.62. The first-order valence-electron chi connectivity index (χ1n) is 10.5. The lowest BCUT2D eigenvalue weighted by Crippen LogP contribution is -2.49. The van der Waals surface area contributed by atoms with Crippen LogP contribution in [0.5, 0.6) is 0 Å². The molecule has 1 aromatic carbocycles. The van der Waals surface area contributed by atoms with Crippen molar-refractivity contribution in [3.05, 3.63) is 47.1 Å². The molecule has 0 bridgehead atoms. The third-order valence-electron chi connectivity index (χ3n) is 6.37. The van der Waals surface area contributed by atoms with Crippen molar-refractivity contribution in [1.29, 1.82) is 0 Å². The molecule has 1 unspecified atom stereocenters. The highest BCUT2D eigenvalue weighted by Crippen LogP contribution is 2.45. The number of rotatable bonds is 6. The molecule has 1 atom stereocenters. The maximum absolute atomic E-state index is 12.0. The van der Waals surface area contributed by atoms with Gasteiger partial charge in [0.1, 0.15) is 0 Å². The first-order valence-corrected chi connectivity index (χ1v) is 10.9. The second kappa shape index (κ2) is 8.44. The van der Waals surface area contributed by atoms with Crippen molar-refractivity contribution < 1.29 is 14.6 Å². The van der Waals surface area contributed by atoms with Crippen molar-refractivity contribution in [3.63, 3.8) is 0 Å². The largest absolute Gasteiger partial charge is 0.481 e. The molecule has 0 radical (unpaired) electrons. The molecule has 6 nitrogen and oxygen atoms in total. The van der Waals surface area contributed by atoms with Gasteiger partial charge in [0.15, 0.2) is 5.82 Å². The highest BCUT2D eigenvalue weighted by Gasteiger charge is 2.46. The number of benzene rings is 1. The second-order valence-corrected chi connectivity index (χ2v) is 8.98. The van der Waals surface area contributed by atoms with Crippen LogP contribution in [0.4, 0.5) is 17.2 Å². The lowest BCUT2D eigenvalue weighted by molar-refractivity contribution is -0.147. The summed E-state index contributed by atoms with van der Waals surface area (Å²) in [5.41, 5.74) is 1.63. The Balaban J connectivity index is 1.76. The Morgan fingerprint density at radius 3 is 2.67 bits per heavy atom. The van der Waals surface area contributed by atoms with Crippen LogP contribution >= 0.6 is 11.6 Å². The van der Waals surface area contributed by atoms with E-state index in [0.29, 0.717) is 37.0 Å². The zero-order chi connectivity index (χ0) is 21.3. The molecule has 2 aliphatic rings. The van der Waals surface area contributed by atoms with Crippen molar-refractivity contribution in [2.24, 2.45) is 5.92 Å². The zero-order valence-corrected chi connectivity index (χ0v) is 18.2. The Kier molecular flexibility index (Phi) is 5.89. The number of anilines is 3. The zero-order valence-electron chi connectivity index (χ0n) is 17.4. The van der Waals surface area contributed by atoms with E-state index >= 15 is 0 Å². The molecular weight excluding hydrogens is 402 g/mol. The van der Waals surface area contributed by atoms with Gasteiger partial charge in [-0.25, -0.2) is 4.98 Å². The van der Waals surface area contributed by atoms with Crippen LogP contribution in [-0.2, 0) is 14.9 Å². The van der Waals surface area contributed by atoms with Gasteiger partial charge in [-0.3, -0.25) is 4.79 Å². The molecule has 2 aromatic rings. The molecule has 1 saturated carbocycles. The van der Waals surface area contributed by atoms with E-state index in [9.17, 15) is 9.90 Å². The van der Waals surface area contributed by atoms with Gasteiger partial charge >= 0.3 is 5.97 Å². The predicted octanol–water partition coefficient (Wildman–Crippen LogP) is 4.85. The van der Waals surface area contributed by atoms with Crippen LogP contribution in [0.3, 0.4) is 0 Å². The van der Waals surface area contributed by atoms with Gasteiger partial charge in [0, 0.05) is 23.5 Å². The maximum Gasteiger partial charge on any atom is 0.314 e. The van der Waals surface area contributed by atoms with E-state index in [2.05, 4.69) is 24.1 Å². The van der Waals surface area contributed by atoms with Crippen LogP contribution in [0, 0.1) is 5.92 Å². The number of carboxylic acids is 1. The van der Waals surface area contributed by atoms with Gasteiger partial charge in [-0.2, -0.15) is 0 Å². The lowest BCUT2D eigenvalue weighted by Gasteiger charge is -2.41. The number of hydrogen-bond acceptors (Lipinski definition) is 5. The Bertz CT molecular complexity index is 912. The van der Waals surface area contributed by atoms with Crippen molar-refractivity contribution in [2.45, 2.75) is 44.6 Å². The summed E-state index contributed by atoms with van der Waals surface area (Å²) in [6.45, 7) is 6.41. The van der Waals surface area contributed by atoms with Gasteiger partial charge in [-0.05, 0) is 54.7 Å². The van der Waals surface area contributed by atoms with Crippen molar-refractivity contribution in [1.82, 2.24) is 4.98 Å². The summed E-state index contributed by atoms with van der Waals surface area (Å²) >= 11 is 6.04. The van der Waals surface area contributed by atoms with Crippen molar-refractivity contribution in [3.8, 4) is 0 Å². The Labute approximate surface area is 182 Å². The minimum atomic E-state index is -0.829. The summed E-state index contributed by atoms with van der Waals surface area (Å²) in [5.74, 6) is 0.454. The molecule has 30 heavy (non-hydrogen) atoms. The molecule has 2 fully saturated rings. The Morgan fingerprint density at radius 2 is 2.07 bits per heavy atom. The first-order chi connectivity index (χ1) is 14.4. The van der Waals surface area contributed by atoms with Crippen LogP contribution in [0.1, 0.15) is 38.7 Å². The fraction of sp³-hybridized carbons (Fsp3) is 0.478. The summed E-state index contributed by atoms with van der Waals surface area (Å²) in [6.07, 6.45) is 3.97. The van der Waals surface area contributed by atoms with E-state index in [1.165, 1.54) is 0 Å². The SMILES string of the molecule is CC(C)C1COCCN1c1ncc(C2(C(=O)O)CCC2)cc1Nc1ccc(Cl)cc1. The van der Waals surface area contributed by atoms with Crippen LogP contribution in [0.15, 0.2) is 36.5 Å². The molecule has 4 rings (SSSR count). The van der Waals surface area contributed by atoms with Crippen molar-refractivity contribution >= 4 is 34.8 Å². The summed E-state index contributed by atoms with van der Waals surface area (Å²) in [4.78, 5) is 19.1. The average Bonchev–Trinajstić information content (AvgIpc) is 2.69. The lowest BCUT2D eigenvalue weighted by atomic mass is 9.65. The molecule has 0 amide bonds. The number of carboxylic acid groups (broad SMARTS) is 1. The number of carbonyl (C=O) groups is 1. The minimum absolute atomic E-state index is 0.208. The minimum Gasteiger partial charge on any atom is -0.481 e. The van der Waals surface area contributed by atoms with E-state index in [1.54, 1.807) is 6.20 Å². The first kappa shape index (κ1) is 20.9. The number of pyridine rings is 1. The molecule has 2 heterocycles. The molecule has 0 spiro atoms. The number of hydrogen-bond donors (Lipinski definition) is 2. The maximum atomic E-state index is 12.0. The normalized spacial score (nSPS) is 20.7. The van der Waals surface area contributed by atoms with E-state index in [0.717, 1.165) is 35.7 Å². The van der Waals surface area contributed by atoms with E-state index in [4.69, 9.17) is 21.3 Å². The topological polar surface area (TPSA) is 74.7 Å². The molecule has 1 aromatic heterocycles. The average molecular weight is 430 g/mol. The van der Waals surface area contributed by atoms with Gasteiger partial charge in [0.05, 0.1) is 30.4 Å². The molecule has 7 heteroatoms. The number of ether oxygens (including phenoxy) is 1. The standard InChI is InChI=1S/C23H28ClN3O3/c1-15(2)20-14-30-11-10-27(20)21-19(26-18-6-4-17(24)5-7-18)12-16(13-25-21)23(22(28)29)8-3-9-23/h4-7,12-13,15,20,26H,3,8-11,14H2,1-2H3,(H,28,29). The highest BCUT2D eigenvalue weighted by atomic mass is 35.5. The van der Waals surface area contributed by atoms with Crippen LogP contribution in [-0.4, -0.2) is 41.9 Å². The predicted molar refractivity (Wildman–Crippen MR) is 119 cm³/mol. The number of morpholine rings is 1. The monoisotopic (exact) mass is 429 g/mol. The quantitative estimate of drug-likeness (QED) is 0.683. The molecule has 1 aliphatic heterocycles. The number of aromatic nitrogens is 1. The number of nitrogens with zero attached hydrogens (tertiary/aromatic N) is 2.